The quantitative estimate of drug-likeness (QED) is 0.529. The summed E-state index contributed by atoms with van der Waals surface area (Å²) in [5, 5.41) is 18.0. The Morgan fingerprint density at radius 3 is 2.48 bits per heavy atom. The summed E-state index contributed by atoms with van der Waals surface area (Å²) in [6, 6.07) is 7.35. The lowest BCUT2D eigenvalue weighted by atomic mass is 9.86. The van der Waals surface area contributed by atoms with Gasteiger partial charge in [0.05, 0.1) is 5.57 Å². The molecule has 3 rings (SSSR count). The number of benzene rings is 1. The topological polar surface area (TPSA) is 82.6 Å². The second-order valence-electron chi connectivity index (χ2n) is 6.94. The van der Waals surface area contributed by atoms with Crippen molar-refractivity contribution in [3.05, 3.63) is 47.9 Å². The van der Waals surface area contributed by atoms with Gasteiger partial charge in [0, 0.05) is 37.7 Å². The molecular formula is C24H38FN3O3. The van der Waals surface area contributed by atoms with Gasteiger partial charge in [-0.05, 0) is 49.8 Å². The highest BCUT2D eigenvalue weighted by atomic mass is 19.1. The van der Waals surface area contributed by atoms with E-state index in [1.165, 1.54) is 12.3 Å². The number of aliphatic hydroxyl groups excluding tert-OH is 1. The van der Waals surface area contributed by atoms with E-state index < -0.39 is 12.1 Å². The molecule has 0 saturated heterocycles. The van der Waals surface area contributed by atoms with Crippen molar-refractivity contribution in [1.29, 1.82) is 0 Å². The van der Waals surface area contributed by atoms with Gasteiger partial charge in [0.1, 0.15) is 11.6 Å². The molecule has 1 aliphatic heterocycles. The van der Waals surface area contributed by atoms with Gasteiger partial charge in [-0.2, -0.15) is 0 Å². The number of nitrogens with one attached hydrogen (secondary N) is 3. The number of anilines is 1. The van der Waals surface area contributed by atoms with Crippen LogP contribution < -0.4 is 20.7 Å². The van der Waals surface area contributed by atoms with Crippen LogP contribution in [0.2, 0.25) is 0 Å². The van der Waals surface area contributed by atoms with Crippen molar-refractivity contribution in [2.24, 2.45) is 5.92 Å². The first-order valence-corrected chi connectivity index (χ1v) is 11.3. The molecule has 6 nitrogen and oxygen atoms in total. The summed E-state index contributed by atoms with van der Waals surface area (Å²) in [6.07, 6.45) is 5.00. The number of carbonyl (C=O) groups is 1. The van der Waals surface area contributed by atoms with Crippen LogP contribution >= 0.6 is 0 Å². The van der Waals surface area contributed by atoms with Crippen molar-refractivity contribution < 1.29 is 19.0 Å². The fourth-order valence-corrected chi connectivity index (χ4v) is 3.41. The third-order valence-electron chi connectivity index (χ3n) is 5.03. The molecule has 0 radical (unpaired) electrons. The third kappa shape index (κ3) is 8.25. The zero-order valence-electron chi connectivity index (χ0n) is 19.4. The zero-order chi connectivity index (χ0) is 23.2. The van der Waals surface area contributed by atoms with Crippen LogP contribution in [0.1, 0.15) is 53.4 Å². The Labute approximate surface area is 186 Å². The van der Waals surface area contributed by atoms with Gasteiger partial charge >= 0.3 is 0 Å². The number of aliphatic hydroxyl groups is 1. The lowest BCUT2D eigenvalue weighted by Crippen LogP contribution is -2.45. The molecule has 1 aromatic rings. The summed E-state index contributed by atoms with van der Waals surface area (Å²) in [5.74, 6) is 0.0165. The second kappa shape index (κ2) is 14.5. The van der Waals surface area contributed by atoms with Gasteiger partial charge in [-0.1, -0.05) is 33.8 Å². The SMILES string of the molecule is CC.CC.CNc1cccc(OC2NC=C(F)C=C2C(=O)NC2CCC(CO)CC2)c1. The van der Waals surface area contributed by atoms with Crippen molar-refractivity contribution in [2.45, 2.75) is 65.6 Å². The van der Waals surface area contributed by atoms with E-state index in [0.29, 0.717) is 11.7 Å². The maximum Gasteiger partial charge on any atom is 0.253 e. The van der Waals surface area contributed by atoms with Gasteiger partial charge in [-0.25, -0.2) is 4.39 Å². The van der Waals surface area contributed by atoms with E-state index in [-0.39, 0.29) is 24.1 Å². The molecule has 0 bridgehead atoms. The number of amides is 1. The summed E-state index contributed by atoms with van der Waals surface area (Å²) in [6.45, 7) is 8.19. The van der Waals surface area contributed by atoms with E-state index in [1.54, 1.807) is 13.1 Å². The van der Waals surface area contributed by atoms with Crippen LogP contribution in [-0.4, -0.2) is 36.9 Å². The number of allylic oxidation sites excluding steroid dienone is 2. The Balaban J connectivity index is 0.00000113. The number of hydrogen-bond acceptors (Lipinski definition) is 5. The van der Waals surface area contributed by atoms with Crippen LogP contribution in [0, 0.1) is 5.92 Å². The number of carbonyl (C=O) groups excluding carboxylic acids is 1. The van der Waals surface area contributed by atoms with Crippen LogP contribution in [0.4, 0.5) is 10.1 Å². The van der Waals surface area contributed by atoms with Gasteiger partial charge in [-0.15, -0.1) is 0 Å². The third-order valence-corrected chi connectivity index (χ3v) is 5.03. The van der Waals surface area contributed by atoms with Crippen LogP contribution in [0.3, 0.4) is 0 Å². The number of dihydropyridines is 1. The zero-order valence-corrected chi connectivity index (χ0v) is 19.4. The molecule has 1 aromatic carbocycles. The minimum absolute atomic E-state index is 0.0310. The molecule has 1 atom stereocenters. The first-order valence-electron chi connectivity index (χ1n) is 11.3. The van der Waals surface area contributed by atoms with Crippen molar-refractivity contribution in [3.8, 4) is 5.75 Å². The summed E-state index contributed by atoms with van der Waals surface area (Å²) >= 11 is 0. The highest BCUT2D eigenvalue weighted by Gasteiger charge is 2.29. The Morgan fingerprint density at radius 1 is 1.19 bits per heavy atom. The van der Waals surface area contributed by atoms with Crippen molar-refractivity contribution in [1.82, 2.24) is 10.6 Å². The van der Waals surface area contributed by atoms with Gasteiger partial charge in [0.15, 0.2) is 0 Å². The molecule has 4 N–H and O–H groups in total. The first kappa shape index (κ1) is 26.5. The van der Waals surface area contributed by atoms with Crippen molar-refractivity contribution >= 4 is 11.6 Å². The Kier molecular flexibility index (Phi) is 12.4. The van der Waals surface area contributed by atoms with Gasteiger partial charge < -0.3 is 25.8 Å². The minimum Gasteiger partial charge on any atom is -0.466 e. The molecule has 0 spiro atoms. The molecule has 1 amide bonds. The maximum absolute atomic E-state index is 13.7. The van der Waals surface area contributed by atoms with Gasteiger partial charge in [0.2, 0.25) is 6.23 Å². The maximum atomic E-state index is 13.7. The monoisotopic (exact) mass is 435 g/mol. The molecular weight excluding hydrogens is 397 g/mol. The molecule has 1 saturated carbocycles. The normalized spacial score (nSPS) is 22.1. The average Bonchev–Trinajstić information content (AvgIpc) is 2.83. The molecule has 7 heteroatoms. The summed E-state index contributed by atoms with van der Waals surface area (Å²) in [7, 11) is 1.81. The molecule has 1 aliphatic carbocycles. The molecule has 1 fully saturated rings. The highest BCUT2D eigenvalue weighted by molar-refractivity contribution is 5.95. The largest absolute Gasteiger partial charge is 0.466 e. The molecule has 1 unspecified atom stereocenters. The lowest BCUT2D eigenvalue weighted by molar-refractivity contribution is -0.119. The average molecular weight is 436 g/mol. The van der Waals surface area contributed by atoms with Gasteiger partial charge in [0.25, 0.3) is 5.91 Å². The molecule has 174 valence electrons. The summed E-state index contributed by atoms with van der Waals surface area (Å²) < 4.78 is 19.6. The molecule has 31 heavy (non-hydrogen) atoms. The van der Waals surface area contributed by atoms with Crippen LogP contribution in [-0.2, 0) is 4.79 Å². The fourth-order valence-electron chi connectivity index (χ4n) is 3.41. The molecule has 0 aromatic heterocycles. The van der Waals surface area contributed by atoms with E-state index in [1.807, 2.05) is 45.9 Å². The first-order chi connectivity index (χ1) is 15.1. The predicted molar refractivity (Wildman–Crippen MR) is 124 cm³/mol. The Morgan fingerprint density at radius 2 is 1.87 bits per heavy atom. The highest BCUT2D eigenvalue weighted by Crippen LogP contribution is 2.25. The molecule has 2 aliphatic rings. The lowest BCUT2D eigenvalue weighted by Gasteiger charge is -2.30. The van der Waals surface area contributed by atoms with Crippen molar-refractivity contribution in [2.75, 3.05) is 19.0 Å². The predicted octanol–water partition coefficient (Wildman–Crippen LogP) is 4.49. The van der Waals surface area contributed by atoms with Crippen LogP contribution in [0.15, 0.2) is 47.9 Å². The van der Waals surface area contributed by atoms with E-state index in [9.17, 15) is 14.3 Å². The van der Waals surface area contributed by atoms with E-state index in [2.05, 4.69) is 16.0 Å². The smallest absolute Gasteiger partial charge is 0.253 e. The summed E-state index contributed by atoms with van der Waals surface area (Å²) in [5.41, 5.74) is 1.08. The standard InChI is InChI=1S/C20H26FN3O3.2C2H6/c1-22-16-3-2-4-17(10-16)27-20-18(9-14(21)11-23-20)19(26)24-15-7-5-13(12-25)6-8-15;2*1-2/h2-4,9-11,13,15,20,22-23,25H,5-8,12H2,1H3,(H,24,26);2*1-2H3. The van der Waals surface area contributed by atoms with E-state index in [4.69, 9.17) is 4.74 Å². The second-order valence-corrected chi connectivity index (χ2v) is 6.94. The number of rotatable bonds is 6. The Bertz CT molecular complexity index is 729. The number of ether oxygens (including phenoxy) is 1. The minimum atomic E-state index is -0.773. The molecule has 1 heterocycles. The van der Waals surface area contributed by atoms with Gasteiger partial charge in [-0.3, -0.25) is 4.79 Å². The van der Waals surface area contributed by atoms with E-state index in [0.717, 1.165) is 31.4 Å². The number of halogens is 1. The summed E-state index contributed by atoms with van der Waals surface area (Å²) in [4.78, 5) is 12.7. The Hall–Kier alpha value is -2.54. The van der Waals surface area contributed by atoms with Crippen LogP contribution in [0.5, 0.6) is 5.75 Å². The van der Waals surface area contributed by atoms with E-state index >= 15 is 0 Å². The van der Waals surface area contributed by atoms with Crippen LogP contribution in [0.25, 0.3) is 0 Å². The van der Waals surface area contributed by atoms with Crippen molar-refractivity contribution in [3.63, 3.8) is 0 Å². The number of hydrogen-bond donors (Lipinski definition) is 4. The fraction of sp³-hybridized carbons (Fsp3) is 0.542.